The largest absolute Gasteiger partial charge is 0.424 e. The lowest BCUT2D eigenvalue weighted by molar-refractivity contribution is -0.914. The summed E-state index contributed by atoms with van der Waals surface area (Å²) in [5.74, 6) is 0. The average Bonchev–Trinajstić information content (AvgIpc) is 2.63. The number of hydrogen-bond donors (Lipinski definition) is 1. The molecule has 0 aromatic heterocycles. The molecule has 2 aromatic rings. The van der Waals surface area contributed by atoms with E-state index in [9.17, 15) is 4.80 Å². The third-order valence-electron chi connectivity index (χ3n) is 5.64. The SMILES string of the molecule is C[N+]1(CCC[Si](O)(c2ccccc2)c2ccccc2)CCCCC1. The molecule has 0 bridgehead atoms. The van der Waals surface area contributed by atoms with Crippen molar-refractivity contribution in [3.63, 3.8) is 0 Å². The van der Waals surface area contributed by atoms with Crippen LogP contribution in [0, 0.1) is 0 Å². The molecule has 1 aliphatic heterocycles. The maximum Gasteiger partial charge on any atom is 0.252 e. The molecular formula is C21H30NOSi+. The first kappa shape index (κ1) is 17.4. The van der Waals surface area contributed by atoms with E-state index < -0.39 is 8.32 Å². The van der Waals surface area contributed by atoms with Crippen LogP contribution in [0.5, 0.6) is 0 Å². The van der Waals surface area contributed by atoms with E-state index in [1.54, 1.807) is 0 Å². The van der Waals surface area contributed by atoms with Gasteiger partial charge in [0.2, 0.25) is 0 Å². The molecule has 1 aliphatic rings. The van der Waals surface area contributed by atoms with Crippen LogP contribution in [0.3, 0.4) is 0 Å². The van der Waals surface area contributed by atoms with Gasteiger partial charge >= 0.3 is 0 Å². The van der Waals surface area contributed by atoms with Crippen molar-refractivity contribution in [3.05, 3.63) is 60.7 Å². The predicted octanol–water partition coefficient (Wildman–Crippen LogP) is 2.76. The zero-order chi connectivity index (χ0) is 16.9. The number of hydrogen-bond acceptors (Lipinski definition) is 1. The summed E-state index contributed by atoms with van der Waals surface area (Å²) in [5.41, 5.74) is 0. The van der Waals surface area contributed by atoms with Crippen LogP contribution >= 0.6 is 0 Å². The second kappa shape index (κ2) is 7.64. The van der Waals surface area contributed by atoms with E-state index in [0.717, 1.165) is 22.8 Å². The molecule has 2 aromatic carbocycles. The Bertz CT molecular complexity index is 583. The maximum absolute atomic E-state index is 11.7. The van der Waals surface area contributed by atoms with Crippen molar-refractivity contribution in [1.82, 2.24) is 0 Å². The molecule has 0 spiro atoms. The van der Waals surface area contributed by atoms with Gasteiger partial charge in [-0.3, -0.25) is 0 Å². The molecule has 0 amide bonds. The van der Waals surface area contributed by atoms with Crippen LogP contribution in [0.25, 0.3) is 0 Å². The van der Waals surface area contributed by atoms with Gasteiger partial charge in [0.1, 0.15) is 0 Å². The summed E-state index contributed by atoms with van der Waals surface area (Å²) in [7, 11) is -0.235. The molecule has 0 unspecified atom stereocenters. The van der Waals surface area contributed by atoms with E-state index in [1.807, 2.05) is 12.1 Å². The van der Waals surface area contributed by atoms with Crippen molar-refractivity contribution < 1.29 is 9.28 Å². The molecule has 1 saturated heterocycles. The van der Waals surface area contributed by atoms with Crippen LogP contribution in [-0.4, -0.2) is 44.3 Å². The highest BCUT2D eigenvalue weighted by Crippen LogP contribution is 2.19. The van der Waals surface area contributed by atoms with Gasteiger partial charge in [0.15, 0.2) is 0 Å². The summed E-state index contributed by atoms with van der Waals surface area (Å²) >= 11 is 0. The molecule has 0 saturated carbocycles. The fraction of sp³-hybridized carbons (Fsp3) is 0.429. The van der Waals surface area contributed by atoms with Gasteiger partial charge in [0.05, 0.1) is 26.7 Å². The Morgan fingerprint density at radius 1 is 0.833 bits per heavy atom. The van der Waals surface area contributed by atoms with Crippen LogP contribution in [0.4, 0.5) is 0 Å². The van der Waals surface area contributed by atoms with Gasteiger partial charge in [-0.1, -0.05) is 60.7 Å². The second-order valence-corrected chi connectivity index (χ2v) is 10.9. The molecule has 0 atom stereocenters. The van der Waals surface area contributed by atoms with Crippen LogP contribution in [0.1, 0.15) is 25.7 Å². The monoisotopic (exact) mass is 340 g/mol. The lowest BCUT2D eigenvalue weighted by Crippen LogP contribution is -2.59. The summed E-state index contributed by atoms with van der Waals surface area (Å²) in [5, 5.41) is 2.27. The Kier molecular flexibility index (Phi) is 5.54. The van der Waals surface area contributed by atoms with Gasteiger partial charge in [-0.2, -0.15) is 0 Å². The Balaban J connectivity index is 1.76. The Labute approximate surface area is 147 Å². The van der Waals surface area contributed by atoms with Crippen LogP contribution in [0.2, 0.25) is 6.04 Å². The predicted molar refractivity (Wildman–Crippen MR) is 104 cm³/mol. The van der Waals surface area contributed by atoms with Gasteiger partial charge in [-0.15, -0.1) is 0 Å². The number of piperidine rings is 1. The standard InChI is InChI=1S/C21H30NOSi/c1-22(16-9-4-10-17-22)18-11-19-24(23,20-12-5-2-6-13-20)21-14-7-3-8-15-21/h2-3,5-8,12-15,23H,4,9-11,16-19H2,1H3/q+1. The molecule has 3 heteroatoms. The van der Waals surface area contributed by atoms with Crippen LogP contribution < -0.4 is 10.4 Å². The summed E-state index contributed by atoms with van der Waals surface area (Å²) in [4.78, 5) is 11.7. The molecule has 2 nitrogen and oxygen atoms in total. The first-order chi connectivity index (χ1) is 11.6. The molecule has 1 fully saturated rings. The van der Waals surface area contributed by atoms with Crippen molar-refractivity contribution in [1.29, 1.82) is 0 Å². The van der Waals surface area contributed by atoms with Crippen molar-refractivity contribution >= 4 is 18.7 Å². The highest BCUT2D eigenvalue weighted by molar-refractivity contribution is 6.96. The molecule has 1 heterocycles. The molecular weight excluding hydrogens is 310 g/mol. The number of rotatable bonds is 6. The molecule has 0 radical (unpaired) electrons. The van der Waals surface area contributed by atoms with Gasteiger partial charge in [0, 0.05) is 0 Å². The van der Waals surface area contributed by atoms with Crippen LogP contribution in [0.15, 0.2) is 60.7 Å². The number of nitrogens with zero attached hydrogens (tertiary/aromatic N) is 1. The lowest BCUT2D eigenvalue weighted by atomic mass is 10.1. The third kappa shape index (κ3) is 3.97. The summed E-state index contributed by atoms with van der Waals surface area (Å²) < 4.78 is 1.19. The minimum atomic E-state index is -2.63. The van der Waals surface area contributed by atoms with E-state index in [0.29, 0.717) is 0 Å². The molecule has 1 N–H and O–H groups in total. The minimum absolute atomic E-state index is 0.912. The summed E-state index contributed by atoms with van der Waals surface area (Å²) in [6.45, 7) is 3.79. The van der Waals surface area contributed by atoms with Crippen molar-refractivity contribution in [3.8, 4) is 0 Å². The number of benzene rings is 2. The quantitative estimate of drug-likeness (QED) is 0.633. The van der Waals surface area contributed by atoms with E-state index in [2.05, 4.69) is 55.6 Å². The lowest BCUT2D eigenvalue weighted by Gasteiger charge is -2.38. The number of quaternary nitrogens is 1. The fourth-order valence-electron chi connectivity index (χ4n) is 4.10. The zero-order valence-corrected chi connectivity index (χ0v) is 15.8. The van der Waals surface area contributed by atoms with E-state index in [1.165, 1.54) is 43.4 Å². The Hall–Kier alpha value is -1.42. The smallest absolute Gasteiger partial charge is 0.252 e. The first-order valence-corrected chi connectivity index (χ1v) is 11.4. The average molecular weight is 341 g/mol. The van der Waals surface area contributed by atoms with Crippen LogP contribution in [-0.2, 0) is 0 Å². The Morgan fingerprint density at radius 3 is 1.83 bits per heavy atom. The van der Waals surface area contributed by atoms with E-state index >= 15 is 0 Å². The maximum atomic E-state index is 11.7. The fourth-order valence-corrected chi connectivity index (χ4v) is 7.17. The van der Waals surface area contributed by atoms with Crippen molar-refractivity contribution in [2.45, 2.75) is 31.7 Å². The first-order valence-electron chi connectivity index (χ1n) is 9.29. The highest BCUT2D eigenvalue weighted by atomic mass is 28.4. The van der Waals surface area contributed by atoms with E-state index in [-0.39, 0.29) is 0 Å². The van der Waals surface area contributed by atoms with Gasteiger partial charge in [-0.05, 0) is 42.1 Å². The minimum Gasteiger partial charge on any atom is -0.424 e. The second-order valence-electron chi connectivity index (χ2n) is 7.55. The topological polar surface area (TPSA) is 20.2 Å². The normalized spacial score (nSPS) is 17.6. The third-order valence-corrected chi connectivity index (χ3v) is 9.29. The Morgan fingerprint density at radius 2 is 1.33 bits per heavy atom. The van der Waals surface area contributed by atoms with E-state index in [4.69, 9.17) is 0 Å². The molecule has 128 valence electrons. The zero-order valence-electron chi connectivity index (χ0n) is 14.8. The van der Waals surface area contributed by atoms with Gasteiger partial charge in [-0.25, -0.2) is 0 Å². The summed E-state index contributed by atoms with van der Waals surface area (Å²) in [6, 6.07) is 21.6. The van der Waals surface area contributed by atoms with Gasteiger partial charge in [0.25, 0.3) is 8.32 Å². The van der Waals surface area contributed by atoms with Crippen molar-refractivity contribution in [2.75, 3.05) is 26.7 Å². The van der Waals surface area contributed by atoms with Gasteiger partial charge < -0.3 is 9.28 Å². The number of likely N-dealkylation sites (tertiary alicyclic amines) is 1. The molecule has 3 rings (SSSR count). The highest BCUT2D eigenvalue weighted by Gasteiger charge is 2.36. The van der Waals surface area contributed by atoms with Crippen molar-refractivity contribution in [2.24, 2.45) is 0 Å². The molecule has 24 heavy (non-hydrogen) atoms. The summed E-state index contributed by atoms with van der Waals surface area (Å²) in [6.07, 6.45) is 5.20. The molecule has 0 aliphatic carbocycles.